The van der Waals surface area contributed by atoms with E-state index in [1.54, 1.807) is 4.90 Å². The SMILES string of the molecule is Cl.O=C(c1ccc(S(=O)(=O)N2CCNCC2)cc1F)N1CCCC1. The number of carbonyl (C=O) groups excluding carboxylic acids is 1. The number of halogens is 2. The highest BCUT2D eigenvalue weighted by molar-refractivity contribution is 7.89. The number of hydrogen-bond acceptors (Lipinski definition) is 4. The zero-order valence-corrected chi connectivity index (χ0v) is 14.8. The fourth-order valence-electron chi connectivity index (χ4n) is 2.95. The number of sulfonamides is 1. The van der Waals surface area contributed by atoms with Gasteiger partial charge in [0.25, 0.3) is 5.91 Å². The first kappa shape index (κ1) is 19.1. The first-order valence-corrected chi connectivity index (χ1v) is 9.24. The molecule has 9 heteroatoms. The van der Waals surface area contributed by atoms with Gasteiger partial charge in [0.2, 0.25) is 10.0 Å². The van der Waals surface area contributed by atoms with Crippen LogP contribution in [-0.2, 0) is 10.0 Å². The first-order chi connectivity index (χ1) is 11.0. The van der Waals surface area contributed by atoms with Gasteiger partial charge in [-0.05, 0) is 31.0 Å². The van der Waals surface area contributed by atoms with Crippen molar-refractivity contribution in [3.63, 3.8) is 0 Å². The van der Waals surface area contributed by atoms with E-state index in [2.05, 4.69) is 5.32 Å². The molecule has 1 aromatic carbocycles. The molecule has 2 aliphatic heterocycles. The number of nitrogens with zero attached hydrogens (tertiary/aromatic N) is 2. The molecule has 134 valence electrons. The average molecular weight is 378 g/mol. The van der Waals surface area contributed by atoms with Crippen molar-refractivity contribution in [2.45, 2.75) is 17.7 Å². The van der Waals surface area contributed by atoms with Crippen LogP contribution in [0.25, 0.3) is 0 Å². The molecule has 0 bridgehead atoms. The lowest BCUT2D eigenvalue weighted by molar-refractivity contribution is 0.0788. The monoisotopic (exact) mass is 377 g/mol. The molecule has 1 aromatic rings. The zero-order valence-electron chi connectivity index (χ0n) is 13.2. The number of rotatable bonds is 3. The number of amides is 1. The molecule has 0 unspecified atom stereocenters. The normalized spacial score (nSPS) is 19.1. The third-order valence-electron chi connectivity index (χ3n) is 4.28. The topological polar surface area (TPSA) is 69.7 Å². The predicted octanol–water partition coefficient (Wildman–Crippen LogP) is 1.08. The summed E-state index contributed by atoms with van der Waals surface area (Å²) in [5.41, 5.74) is -0.0637. The van der Waals surface area contributed by atoms with E-state index in [-0.39, 0.29) is 28.8 Å². The van der Waals surface area contributed by atoms with Crippen LogP contribution in [0.1, 0.15) is 23.2 Å². The van der Waals surface area contributed by atoms with E-state index in [1.807, 2.05) is 0 Å². The Bertz CT molecular complexity index is 702. The van der Waals surface area contributed by atoms with Gasteiger partial charge in [0.05, 0.1) is 10.5 Å². The fourth-order valence-corrected chi connectivity index (χ4v) is 4.41. The fraction of sp³-hybridized carbons (Fsp3) is 0.533. The van der Waals surface area contributed by atoms with Gasteiger partial charge >= 0.3 is 0 Å². The average Bonchev–Trinajstić information content (AvgIpc) is 3.09. The van der Waals surface area contributed by atoms with E-state index in [0.29, 0.717) is 39.3 Å². The summed E-state index contributed by atoms with van der Waals surface area (Å²) in [5.74, 6) is -1.15. The van der Waals surface area contributed by atoms with Gasteiger partial charge < -0.3 is 10.2 Å². The smallest absolute Gasteiger partial charge is 0.256 e. The van der Waals surface area contributed by atoms with Crippen LogP contribution in [-0.4, -0.2) is 62.8 Å². The highest BCUT2D eigenvalue weighted by atomic mass is 35.5. The predicted molar refractivity (Wildman–Crippen MR) is 90.4 cm³/mol. The molecule has 2 fully saturated rings. The van der Waals surface area contributed by atoms with Crippen LogP contribution in [0.5, 0.6) is 0 Å². The number of piperazine rings is 1. The van der Waals surface area contributed by atoms with Gasteiger partial charge in [0, 0.05) is 39.3 Å². The van der Waals surface area contributed by atoms with Crippen molar-refractivity contribution in [2.75, 3.05) is 39.3 Å². The Morgan fingerprint density at radius 1 is 1.08 bits per heavy atom. The lowest BCUT2D eigenvalue weighted by Crippen LogP contribution is -2.46. The molecule has 0 aromatic heterocycles. The van der Waals surface area contributed by atoms with E-state index in [1.165, 1.54) is 16.4 Å². The van der Waals surface area contributed by atoms with E-state index >= 15 is 0 Å². The minimum absolute atomic E-state index is 0. The molecule has 0 spiro atoms. The number of likely N-dealkylation sites (tertiary alicyclic amines) is 1. The molecular weight excluding hydrogens is 357 g/mol. The van der Waals surface area contributed by atoms with E-state index in [9.17, 15) is 17.6 Å². The van der Waals surface area contributed by atoms with Gasteiger partial charge in [-0.3, -0.25) is 4.79 Å². The summed E-state index contributed by atoms with van der Waals surface area (Å²) < 4.78 is 40.7. The molecule has 3 rings (SSSR count). The Hall–Kier alpha value is -1.22. The molecule has 0 saturated carbocycles. The van der Waals surface area contributed by atoms with Crippen LogP contribution < -0.4 is 5.32 Å². The number of benzene rings is 1. The summed E-state index contributed by atoms with van der Waals surface area (Å²) in [5, 5.41) is 3.07. The molecule has 2 aliphatic rings. The van der Waals surface area contributed by atoms with Crippen LogP contribution in [0, 0.1) is 5.82 Å². The van der Waals surface area contributed by atoms with Gasteiger partial charge in [0.1, 0.15) is 5.82 Å². The van der Waals surface area contributed by atoms with Crippen molar-refractivity contribution in [1.29, 1.82) is 0 Å². The lowest BCUT2D eigenvalue weighted by Gasteiger charge is -2.26. The molecule has 24 heavy (non-hydrogen) atoms. The quantitative estimate of drug-likeness (QED) is 0.855. The second kappa shape index (κ2) is 7.77. The van der Waals surface area contributed by atoms with Crippen LogP contribution in [0.2, 0.25) is 0 Å². The summed E-state index contributed by atoms with van der Waals surface area (Å²) >= 11 is 0. The van der Waals surface area contributed by atoms with Gasteiger partial charge in [-0.1, -0.05) is 0 Å². The Morgan fingerprint density at radius 2 is 1.71 bits per heavy atom. The summed E-state index contributed by atoms with van der Waals surface area (Å²) in [6, 6.07) is 3.56. The van der Waals surface area contributed by atoms with Crippen molar-refractivity contribution in [2.24, 2.45) is 0 Å². The van der Waals surface area contributed by atoms with Gasteiger partial charge in [-0.2, -0.15) is 4.31 Å². The summed E-state index contributed by atoms with van der Waals surface area (Å²) in [7, 11) is -3.72. The first-order valence-electron chi connectivity index (χ1n) is 7.80. The van der Waals surface area contributed by atoms with E-state index < -0.39 is 15.8 Å². The largest absolute Gasteiger partial charge is 0.339 e. The highest BCUT2D eigenvalue weighted by Gasteiger charge is 2.28. The molecule has 1 amide bonds. The highest BCUT2D eigenvalue weighted by Crippen LogP contribution is 2.21. The van der Waals surface area contributed by atoms with Crippen LogP contribution in [0.3, 0.4) is 0 Å². The Balaban J connectivity index is 0.00000208. The van der Waals surface area contributed by atoms with Gasteiger partial charge in [-0.15, -0.1) is 12.4 Å². The number of hydrogen-bond donors (Lipinski definition) is 1. The maximum Gasteiger partial charge on any atom is 0.256 e. The Kier molecular flexibility index (Phi) is 6.19. The van der Waals surface area contributed by atoms with E-state index in [0.717, 1.165) is 18.9 Å². The number of nitrogens with one attached hydrogen (secondary N) is 1. The van der Waals surface area contributed by atoms with Crippen molar-refractivity contribution in [1.82, 2.24) is 14.5 Å². The maximum atomic E-state index is 14.3. The Morgan fingerprint density at radius 3 is 2.29 bits per heavy atom. The van der Waals surface area contributed by atoms with Gasteiger partial charge in [-0.25, -0.2) is 12.8 Å². The third-order valence-corrected chi connectivity index (χ3v) is 6.17. The molecular formula is C15H21ClFN3O3S. The second-order valence-electron chi connectivity index (χ2n) is 5.80. The maximum absolute atomic E-state index is 14.3. The molecule has 2 saturated heterocycles. The summed E-state index contributed by atoms with van der Waals surface area (Å²) in [6.45, 7) is 3.12. The van der Waals surface area contributed by atoms with Crippen molar-refractivity contribution in [3.8, 4) is 0 Å². The standard InChI is InChI=1S/C15H20FN3O3S.ClH/c16-14-11-12(23(21,22)19-9-5-17-6-10-19)3-4-13(14)15(20)18-7-1-2-8-18;/h3-4,11,17H,1-2,5-10H2;1H. The molecule has 1 N–H and O–H groups in total. The van der Waals surface area contributed by atoms with Crippen molar-refractivity contribution >= 4 is 28.3 Å². The van der Waals surface area contributed by atoms with Crippen molar-refractivity contribution < 1.29 is 17.6 Å². The van der Waals surface area contributed by atoms with E-state index in [4.69, 9.17) is 0 Å². The minimum Gasteiger partial charge on any atom is -0.339 e. The van der Waals surface area contributed by atoms with Crippen LogP contribution in [0.4, 0.5) is 4.39 Å². The molecule has 6 nitrogen and oxygen atoms in total. The molecule has 2 heterocycles. The second-order valence-corrected chi connectivity index (χ2v) is 7.73. The minimum atomic E-state index is -3.72. The molecule has 0 aliphatic carbocycles. The Labute approximate surface area is 147 Å². The molecule has 0 radical (unpaired) electrons. The third kappa shape index (κ3) is 3.72. The van der Waals surface area contributed by atoms with Gasteiger partial charge in [0.15, 0.2) is 0 Å². The summed E-state index contributed by atoms with van der Waals surface area (Å²) in [6.07, 6.45) is 1.84. The molecule has 0 atom stereocenters. The van der Waals surface area contributed by atoms with Crippen molar-refractivity contribution in [3.05, 3.63) is 29.6 Å². The number of carbonyl (C=O) groups is 1. The van der Waals surface area contributed by atoms with Crippen LogP contribution in [0.15, 0.2) is 23.1 Å². The summed E-state index contributed by atoms with van der Waals surface area (Å²) in [4.78, 5) is 13.7. The van der Waals surface area contributed by atoms with Crippen LogP contribution >= 0.6 is 12.4 Å². The lowest BCUT2D eigenvalue weighted by atomic mass is 10.2. The zero-order chi connectivity index (χ0) is 16.4.